The number of aromatic nitrogens is 2. The lowest BCUT2D eigenvalue weighted by Gasteiger charge is -1.98. The van der Waals surface area contributed by atoms with Crippen molar-refractivity contribution in [2.24, 2.45) is 0 Å². The first-order valence-corrected chi connectivity index (χ1v) is 5.99. The summed E-state index contributed by atoms with van der Waals surface area (Å²) >= 11 is 0. The average Bonchev–Trinajstić information content (AvgIpc) is 2.90. The Kier molecular flexibility index (Phi) is 2.68. The summed E-state index contributed by atoms with van der Waals surface area (Å²) < 4.78 is 0. The van der Waals surface area contributed by atoms with Gasteiger partial charge < -0.3 is 16.5 Å². The van der Waals surface area contributed by atoms with Crippen LogP contribution in [-0.4, -0.2) is 9.97 Å². The maximum atomic E-state index is 5.68. The zero-order valence-electron chi connectivity index (χ0n) is 10.3. The second-order valence-corrected chi connectivity index (χ2v) is 4.38. The van der Waals surface area contributed by atoms with Crippen LogP contribution in [-0.2, 0) is 0 Å². The number of benzene rings is 2. The standard InChI is InChI=1S/C15H14N4/c16-12-5-1-10(2-6-12)14-9-18-15(19-14)11-3-7-13(17)8-4-11/h1-9H,16-17H2,(H,18,19). The van der Waals surface area contributed by atoms with E-state index < -0.39 is 0 Å². The summed E-state index contributed by atoms with van der Waals surface area (Å²) in [6.07, 6.45) is 1.89. The third-order valence-electron chi connectivity index (χ3n) is 2.97. The second kappa shape index (κ2) is 4.49. The number of nitrogens with two attached hydrogens (primary N) is 2. The molecule has 3 aromatic rings. The minimum Gasteiger partial charge on any atom is -0.399 e. The first-order chi connectivity index (χ1) is 9.22. The van der Waals surface area contributed by atoms with Gasteiger partial charge in [0.05, 0.1) is 5.69 Å². The Bertz CT molecular complexity index is 621. The highest BCUT2D eigenvalue weighted by Crippen LogP contribution is 2.23. The van der Waals surface area contributed by atoms with Gasteiger partial charge in [0.1, 0.15) is 5.82 Å². The Morgan fingerprint density at radius 2 is 1.26 bits per heavy atom. The van der Waals surface area contributed by atoms with Gasteiger partial charge in [0, 0.05) is 28.7 Å². The Morgan fingerprint density at radius 1 is 0.737 bits per heavy atom. The average molecular weight is 250 g/mol. The number of anilines is 2. The molecule has 0 unspecified atom stereocenters. The largest absolute Gasteiger partial charge is 0.399 e. The molecule has 2 aromatic carbocycles. The molecule has 4 heteroatoms. The Hall–Kier alpha value is -2.75. The van der Waals surface area contributed by atoms with Gasteiger partial charge in [-0.1, -0.05) is 12.1 Å². The van der Waals surface area contributed by atoms with Crippen LogP contribution in [0.4, 0.5) is 11.4 Å². The molecule has 4 nitrogen and oxygen atoms in total. The number of H-pyrrole nitrogens is 1. The van der Waals surface area contributed by atoms with E-state index >= 15 is 0 Å². The fourth-order valence-electron chi connectivity index (χ4n) is 1.91. The number of nitrogens with zero attached hydrogens (tertiary/aromatic N) is 1. The highest BCUT2D eigenvalue weighted by Gasteiger charge is 2.05. The number of rotatable bonds is 2. The Morgan fingerprint density at radius 3 is 1.84 bits per heavy atom. The van der Waals surface area contributed by atoms with Crippen molar-refractivity contribution in [1.82, 2.24) is 9.97 Å². The molecule has 0 radical (unpaired) electrons. The molecule has 0 saturated carbocycles. The van der Waals surface area contributed by atoms with E-state index in [1.165, 1.54) is 0 Å². The zero-order valence-corrected chi connectivity index (χ0v) is 10.3. The van der Waals surface area contributed by atoms with Gasteiger partial charge in [-0.05, 0) is 36.4 Å². The first-order valence-electron chi connectivity index (χ1n) is 5.99. The van der Waals surface area contributed by atoms with Crippen LogP contribution in [0.3, 0.4) is 0 Å². The molecule has 3 rings (SSSR count). The highest BCUT2D eigenvalue weighted by atomic mass is 14.9. The van der Waals surface area contributed by atoms with Crippen LogP contribution in [0.5, 0.6) is 0 Å². The van der Waals surface area contributed by atoms with E-state index in [9.17, 15) is 0 Å². The van der Waals surface area contributed by atoms with Gasteiger partial charge in [0.15, 0.2) is 0 Å². The van der Waals surface area contributed by atoms with Gasteiger partial charge >= 0.3 is 0 Å². The monoisotopic (exact) mass is 250 g/mol. The normalized spacial score (nSPS) is 10.5. The van der Waals surface area contributed by atoms with Crippen molar-refractivity contribution >= 4 is 11.4 Å². The molecular formula is C15H14N4. The number of hydrogen-bond donors (Lipinski definition) is 3. The maximum Gasteiger partial charge on any atom is 0.138 e. The van der Waals surface area contributed by atoms with Gasteiger partial charge in [-0.15, -0.1) is 0 Å². The minimum absolute atomic E-state index is 0.745. The van der Waals surface area contributed by atoms with E-state index in [0.717, 1.165) is 34.0 Å². The lowest BCUT2D eigenvalue weighted by molar-refractivity contribution is 1.31. The molecule has 19 heavy (non-hydrogen) atoms. The van der Waals surface area contributed by atoms with Crippen molar-refractivity contribution in [3.63, 3.8) is 0 Å². The van der Waals surface area contributed by atoms with E-state index in [0.29, 0.717) is 0 Å². The van der Waals surface area contributed by atoms with Gasteiger partial charge in [0.2, 0.25) is 0 Å². The fraction of sp³-hybridized carbons (Fsp3) is 0. The molecule has 0 fully saturated rings. The van der Waals surface area contributed by atoms with Crippen LogP contribution in [0.2, 0.25) is 0 Å². The van der Waals surface area contributed by atoms with Crippen molar-refractivity contribution in [1.29, 1.82) is 0 Å². The third kappa shape index (κ3) is 2.28. The van der Waals surface area contributed by atoms with Crippen molar-refractivity contribution in [3.8, 4) is 22.6 Å². The van der Waals surface area contributed by atoms with Crippen molar-refractivity contribution in [2.45, 2.75) is 0 Å². The van der Waals surface area contributed by atoms with Crippen molar-refractivity contribution in [2.75, 3.05) is 11.5 Å². The predicted molar refractivity (Wildman–Crippen MR) is 78.3 cm³/mol. The van der Waals surface area contributed by atoms with E-state index in [4.69, 9.17) is 11.5 Å². The number of aromatic amines is 1. The molecule has 0 aliphatic rings. The number of imidazole rings is 1. The van der Waals surface area contributed by atoms with E-state index in [1.54, 1.807) is 0 Å². The van der Waals surface area contributed by atoms with Crippen LogP contribution in [0.15, 0.2) is 54.7 Å². The lowest BCUT2D eigenvalue weighted by Crippen LogP contribution is -1.86. The molecule has 0 atom stereocenters. The molecule has 0 amide bonds. The summed E-state index contributed by atoms with van der Waals surface area (Å²) in [6, 6.07) is 15.3. The molecule has 0 saturated heterocycles. The Balaban J connectivity index is 1.95. The van der Waals surface area contributed by atoms with Crippen molar-refractivity contribution < 1.29 is 0 Å². The van der Waals surface area contributed by atoms with Crippen LogP contribution in [0, 0.1) is 0 Å². The van der Waals surface area contributed by atoms with E-state index in [1.807, 2.05) is 54.7 Å². The molecule has 0 aliphatic carbocycles. The summed E-state index contributed by atoms with van der Waals surface area (Å²) in [7, 11) is 0. The summed E-state index contributed by atoms with van der Waals surface area (Å²) in [5, 5.41) is 0. The van der Waals surface area contributed by atoms with Gasteiger partial charge in [-0.25, -0.2) is 4.98 Å². The fourth-order valence-corrected chi connectivity index (χ4v) is 1.91. The minimum atomic E-state index is 0.745. The predicted octanol–water partition coefficient (Wildman–Crippen LogP) is 2.91. The molecule has 94 valence electrons. The van der Waals surface area contributed by atoms with E-state index in [-0.39, 0.29) is 0 Å². The number of hydrogen-bond acceptors (Lipinski definition) is 3. The van der Waals surface area contributed by atoms with Crippen LogP contribution >= 0.6 is 0 Å². The molecule has 1 aromatic heterocycles. The highest BCUT2D eigenvalue weighted by molar-refractivity contribution is 5.66. The topological polar surface area (TPSA) is 80.7 Å². The van der Waals surface area contributed by atoms with Crippen LogP contribution in [0.25, 0.3) is 22.6 Å². The summed E-state index contributed by atoms with van der Waals surface area (Å²) in [6.45, 7) is 0. The summed E-state index contributed by atoms with van der Waals surface area (Å²) in [4.78, 5) is 7.74. The molecule has 1 heterocycles. The second-order valence-electron chi connectivity index (χ2n) is 4.38. The van der Waals surface area contributed by atoms with Gasteiger partial charge in [-0.3, -0.25) is 0 Å². The third-order valence-corrected chi connectivity index (χ3v) is 2.97. The molecule has 5 N–H and O–H groups in total. The summed E-state index contributed by atoms with van der Waals surface area (Å²) in [5.41, 5.74) is 15.8. The molecular weight excluding hydrogens is 236 g/mol. The van der Waals surface area contributed by atoms with Crippen LogP contribution < -0.4 is 11.5 Å². The number of nitrogens with one attached hydrogen (secondary N) is 1. The van der Waals surface area contributed by atoms with Gasteiger partial charge in [0.25, 0.3) is 0 Å². The zero-order chi connectivity index (χ0) is 13.2. The smallest absolute Gasteiger partial charge is 0.138 e. The number of nitrogen functional groups attached to an aromatic ring is 2. The molecule has 0 aliphatic heterocycles. The molecule has 0 spiro atoms. The van der Waals surface area contributed by atoms with Crippen LogP contribution in [0.1, 0.15) is 0 Å². The SMILES string of the molecule is Nc1ccc(-c2c[nH]c(-c3ccc(N)cc3)n2)cc1. The quantitative estimate of drug-likeness (QED) is 0.612. The van der Waals surface area contributed by atoms with Crippen molar-refractivity contribution in [3.05, 3.63) is 54.7 Å². The lowest BCUT2D eigenvalue weighted by atomic mass is 10.1. The first kappa shape index (κ1) is 11.3. The van der Waals surface area contributed by atoms with Gasteiger partial charge in [-0.2, -0.15) is 0 Å². The van der Waals surface area contributed by atoms with E-state index in [2.05, 4.69) is 9.97 Å². The summed E-state index contributed by atoms with van der Waals surface area (Å²) in [5.74, 6) is 0.826. The Labute approximate surface area is 111 Å². The molecule has 0 bridgehead atoms. The maximum absolute atomic E-state index is 5.68.